The van der Waals surface area contributed by atoms with Gasteiger partial charge in [-0.25, -0.2) is 21.6 Å². The first-order chi connectivity index (χ1) is 8.23. The Labute approximate surface area is 107 Å². The number of rotatable bonds is 6. The van der Waals surface area contributed by atoms with Crippen molar-refractivity contribution in [2.24, 2.45) is 0 Å². The highest BCUT2D eigenvalue weighted by atomic mass is 32.3. The zero-order chi connectivity index (χ0) is 13.8. The lowest BCUT2D eigenvalue weighted by Crippen LogP contribution is -2.34. The summed E-state index contributed by atoms with van der Waals surface area (Å²) in [7, 11) is -7.65. The molecule has 0 radical (unpaired) electrons. The molecule has 1 rings (SSSR count). The molecule has 102 valence electrons. The van der Waals surface area contributed by atoms with Crippen molar-refractivity contribution >= 4 is 19.9 Å². The predicted molar refractivity (Wildman–Crippen MR) is 68.0 cm³/mol. The van der Waals surface area contributed by atoms with Crippen LogP contribution in [-0.4, -0.2) is 39.9 Å². The molecule has 1 aromatic carbocycles. The minimum Gasteiger partial charge on any atom is -0.394 e. The van der Waals surface area contributed by atoms with Crippen LogP contribution in [0.15, 0.2) is 30.3 Å². The number of aliphatic hydroxyl groups excluding tert-OH is 1. The Morgan fingerprint density at radius 2 is 1.72 bits per heavy atom. The predicted octanol–water partition coefficient (Wildman–Crippen LogP) is -0.358. The second-order valence-electron chi connectivity index (χ2n) is 3.92. The third kappa shape index (κ3) is 5.13. The fraction of sp³-hybridized carbons (Fsp3) is 0.400. The average Bonchev–Trinajstić information content (AvgIpc) is 2.24. The van der Waals surface area contributed by atoms with E-state index in [1.54, 1.807) is 30.3 Å². The van der Waals surface area contributed by atoms with Crippen molar-refractivity contribution in [2.75, 3.05) is 17.9 Å². The van der Waals surface area contributed by atoms with Gasteiger partial charge in [0.15, 0.2) is 14.9 Å². The fourth-order valence-corrected chi connectivity index (χ4v) is 4.60. The van der Waals surface area contributed by atoms with Gasteiger partial charge in [0, 0.05) is 6.26 Å². The zero-order valence-electron chi connectivity index (χ0n) is 9.78. The molecular weight excluding hydrogens is 278 g/mol. The monoisotopic (exact) mass is 293 g/mol. The molecule has 0 saturated heterocycles. The highest BCUT2D eigenvalue weighted by molar-refractivity contribution is 8.06. The number of hydrogen-bond donors (Lipinski definition) is 2. The Kier molecular flexibility index (Phi) is 4.85. The molecule has 0 bridgehead atoms. The summed E-state index contributed by atoms with van der Waals surface area (Å²) >= 11 is 0. The average molecular weight is 293 g/mol. The maximum atomic E-state index is 11.6. The molecule has 6 nitrogen and oxygen atoms in total. The van der Waals surface area contributed by atoms with E-state index in [9.17, 15) is 16.8 Å². The molecule has 2 N–H and O–H groups in total. The molecule has 0 heterocycles. The molecule has 0 fully saturated rings. The van der Waals surface area contributed by atoms with Crippen LogP contribution in [0.5, 0.6) is 0 Å². The van der Waals surface area contributed by atoms with Gasteiger partial charge in [0.05, 0.1) is 12.6 Å². The van der Waals surface area contributed by atoms with Crippen molar-refractivity contribution in [1.82, 2.24) is 4.72 Å². The van der Waals surface area contributed by atoms with E-state index >= 15 is 0 Å². The van der Waals surface area contributed by atoms with Crippen molar-refractivity contribution in [2.45, 2.75) is 6.04 Å². The molecule has 1 unspecified atom stereocenters. The molecule has 0 aromatic heterocycles. The molecule has 0 aliphatic heterocycles. The summed E-state index contributed by atoms with van der Waals surface area (Å²) in [6, 6.07) is 7.58. The number of sulfone groups is 1. The molecule has 1 aromatic rings. The number of hydrogen-bond acceptors (Lipinski definition) is 5. The van der Waals surface area contributed by atoms with Gasteiger partial charge >= 0.3 is 0 Å². The Bertz CT molecular complexity index is 580. The number of aliphatic hydroxyl groups is 1. The van der Waals surface area contributed by atoms with Gasteiger partial charge in [0.1, 0.15) is 0 Å². The molecule has 0 aliphatic carbocycles. The van der Waals surface area contributed by atoms with E-state index in [0.29, 0.717) is 5.56 Å². The molecule has 1 atom stereocenters. The Hall–Kier alpha value is -0.960. The summed E-state index contributed by atoms with van der Waals surface area (Å²) in [5.74, 6) is 0. The molecule has 8 heteroatoms. The van der Waals surface area contributed by atoms with Gasteiger partial charge in [-0.2, -0.15) is 0 Å². The van der Waals surface area contributed by atoms with Gasteiger partial charge in [-0.1, -0.05) is 30.3 Å². The summed E-state index contributed by atoms with van der Waals surface area (Å²) in [4.78, 5) is 0. The second kappa shape index (κ2) is 5.79. The summed E-state index contributed by atoms with van der Waals surface area (Å²) in [6.07, 6.45) is 0.836. The van der Waals surface area contributed by atoms with Crippen LogP contribution < -0.4 is 4.72 Å². The largest absolute Gasteiger partial charge is 0.394 e. The summed E-state index contributed by atoms with van der Waals surface area (Å²) in [6.45, 7) is -0.451. The standard InChI is InChI=1S/C10H15NO5S2/c1-17(13,14)8-18(15,16)11-10(7-12)9-5-3-2-4-6-9/h2-6,10-12H,7-8H2,1H3. The van der Waals surface area contributed by atoms with Crippen molar-refractivity contribution in [3.05, 3.63) is 35.9 Å². The zero-order valence-corrected chi connectivity index (χ0v) is 11.4. The summed E-state index contributed by atoms with van der Waals surface area (Å²) in [5.41, 5.74) is 0.567. The first-order valence-corrected chi connectivity index (χ1v) is 8.78. The smallest absolute Gasteiger partial charge is 0.226 e. The normalized spacial score (nSPS) is 14.3. The molecule has 0 aliphatic rings. The van der Waals surface area contributed by atoms with Crippen LogP contribution >= 0.6 is 0 Å². The van der Waals surface area contributed by atoms with E-state index in [1.807, 2.05) is 0 Å². The van der Waals surface area contributed by atoms with Crippen LogP contribution in [0.3, 0.4) is 0 Å². The van der Waals surface area contributed by atoms with E-state index in [-0.39, 0.29) is 0 Å². The molecule has 0 spiro atoms. The lowest BCUT2D eigenvalue weighted by Gasteiger charge is -2.16. The SMILES string of the molecule is CS(=O)(=O)CS(=O)(=O)NC(CO)c1ccccc1. The first kappa shape index (κ1) is 15.1. The van der Waals surface area contributed by atoms with E-state index in [1.165, 1.54) is 0 Å². The van der Waals surface area contributed by atoms with Gasteiger partial charge in [0.25, 0.3) is 0 Å². The Balaban J connectivity index is 2.88. The lowest BCUT2D eigenvalue weighted by atomic mass is 10.1. The van der Waals surface area contributed by atoms with Gasteiger partial charge in [-0.15, -0.1) is 0 Å². The van der Waals surface area contributed by atoms with Gasteiger partial charge in [0.2, 0.25) is 10.0 Å². The Morgan fingerprint density at radius 3 is 2.17 bits per heavy atom. The van der Waals surface area contributed by atoms with Crippen LogP contribution in [0, 0.1) is 0 Å². The molecule has 0 amide bonds. The maximum absolute atomic E-state index is 11.6. The number of benzene rings is 1. The quantitative estimate of drug-likeness (QED) is 0.746. The van der Waals surface area contributed by atoms with Crippen LogP contribution in [0.25, 0.3) is 0 Å². The number of sulfonamides is 1. The van der Waals surface area contributed by atoms with Crippen molar-refractivity contribution in [3.8, 4) is 0 Å². The highest BCUT2D eigenvalue weighted by Crippen LogP contribution is 2.13. The first-order valence-electron chi connectivity index (χ1n) is 5.07. The minimum atomic E-state index is -4.00. The topological polar surface area (TPSA) is 101 Å². The van der Waals surface area contributed by atoms with Crippen LogP contribution in [0.4, 0.5) is 0 Å². The summed E-state index contributed by atoms with van der Waals surface area (Å²) in [5, 5.41) is 8.17. The second-order valence-corrected chi connectivity index (χ2v) is 8.18. The fourth-order valence-electron chi connectivity index (χ4n) is 1.43. The molecule has 0 saturated carbocycles. The van der Waals surface area contributed by atoms with Crippen LogP contribution in [0.2, 0.25) is 0 Å². The molecular formula is C10H15NO5S2. The summed E-state index contributed by atoms with van der Waals surface area (Å²) < 4.78 is 47.3. The van der Waals surface area contributed by atoms with Gasteiger partial charge in [-0.3, -0.25) is 0 Å². The van der Waals surface area contributed by atoms with E-state index in [0.717, 1.165) is 6.26 Å². The minimum absolute atomic E-state index is 0.451. The van der Waals surface area contributed by atoms with Crippen LogP contribution in [-0.2, 0) is 19.9 Å². The van der Waals surface area contributed by atoms with Crippen LogP contribution in [0.1, 0.15) is 11.6 Å². The number of nitrogens with one attached hydrogen (secondary N) is 1. The highest BCUT2D eigenvalue weighted by Gasteiger charge is 2.22. The maximum Gasteiger partial charge on any atom is 0.226 e. The third-order valence-electron chi connectivity index (χ3n) is 2.08. The van der Waals surface area contributed by atoms with E-state index < -0.39 is 37.6 Å². The van der Waals surface area contributed by atoms with E-state index in [2.05, 4.69) is 4.72 Å². The van der Waals surface area contributed by atoms with Crippen molar-refractivity contribution in [1.29, 1.82) is 0 Å². The lowest BCUT2D eigenvalue weighted by molar-refractivity contribution is 0.259. The van der Waals surface area contributed by atoms with Gasteiger partial charge < -0.3 is 5.11 Å². The van der Waals surface area contributed by atoms with Crippen molar-refractivity contribution < 1.29 is 21.9 Å². The molecule has 18 heavy (non-hydrogen) atoms. The van der Waals surface area contributed by atoms with Crippen molar-refractivity contribution in [3.63, 3.8) is 0 Å². The van der Waals surface area contributed by atoms with Gasteiger partial charge in [-0.05, 0) is 5.56 Å². The Morgan fingerprint density at radius 1 is 1.17 bits per heavy atom. The van der Waals surface area contributed by atoms with E-state index in [4.69, 9.17) is 5.11 Å². The third-order valence-corrected chi connectivity index (χ3v) is 5.67.